The van der Waals surface area contributed by atoms with Crippen molar-refractivity contribution in [1.82, 2.24) is 10.6 Å². The first-order chi connectivity index (χ1) is 15.7. The second kappa shape index (κ2) is 11.5. The molecule has 2 saturated carbocycles. The van der Waals surface area contributed by atoms with Crippen LogP contribution in [0.1, 0.15) is 69.9 Å². The summed E-state index contributed by atoms with van der Waals surface area (Å²) in [4.78, 5) is 4.92. The molecule has 2 unspecified atom stereocenters. The molecular weight excluding hydrogens is 402 g/mol. The lowest BCUT2D eigenvalue weighted by molar-refractivity contribution is -0.125. The highest BCUT2D eigenvalue weighted by Gasteiger charge is 2.56. The monoisotopic (exact) mass is 443 g/mol. The summed E-state index contributed by atoms with van der Waals surface area (Å²) < 4.78 is 17.6. The van der Waals surface area contributed by atoms with Gasteiger partial charge >= 0.3 is 0 Å². The molecule has 32 heavy (non-hydrogen) atoms. The molecule has 0 bridgehead atoms. The number of rotatable bonds is 9. The molecule has 3 fully saturated rings. The first-order valence-corrected chi connectivity index (χ1v) is 12.7. The van der Waals surface area contributed by atoms with Gasteiger partial charge in [0.2, 0.25) is 0 Å². The molecule has 1 saturated heterocycles. The third-order valence-corrected chi connectivity index (χ3v) is 7.41. The molecule has 0 amide bonds. The Hall–Kier alpha value is -1.63. The molecule has 4 rings (SSSR count). The first-order valence-electron chi connectivity index (χ1n) is 12.7. The Morgan fingerprint density at radius 3 is 2.66 bits per heavy atom. The Balaban J connectivity index is 1.34. The van der Waals surface area contributed by atoms with E-state index in [9.17, 15) is 0 Å². The summed E-state index contributed by atoms with van der Waals surface area (Å²) in [7, 11) is 0. The van der Waals surface area contributed by atoms with Crippen molar-refractivity contribution in [3.05, 3.63) is 35.4 Å². The van der Waals surface area contributed by atoms with Gasteiger partial charge in [-0.1, -0.05) is 37.1 Å². The molecule has 6 nitrogen and oxygen atoms in total. The summed E-state index contributed by atoms with van der Waals surface area (Å²) in [5.41, 5.74) is 2.73. The van der Waals surface area contributed by atoms with E-state index in [-0.39, 0.29) is 0 Å². The van der Waals surface area contributed by atoms with Crippen LogP contribution in [0, 0.1) is 5.41 Å². The molecule has 2 aliphatic carbocycles. The van der Waals surface area contributed by atoms with E-state index in [2.05, 4.69) is 48.7 Å². The summed E-state index contributed by atoms with van der Waals surface area (Å²) in [6.45, 7) is 8.85. The minimum atomic E-state index is 0.299. The van der Waals surface area contributed by atoms with Crippen molar-refractivity contribution in [3.63, 3.8) is 0 Å². The van der Waals surface area contributed by atoms with Crippen LogP contribution in [0.5, 0.6) is 0 Å². The number of ether oxygens (including phenoxy) is 3. The maximum atomic E-state index is 6.09. The number of benzene rings is 1. The lowest BCUT2D eigenvalue weighted by Crippen LogP contribution is -2.65. The number of nitrogens with zero attached hydrogens (tertiary/aromatic N) is 1. The number of nitrogens with one attached hydrogen (secondary N) is 2. The molecule has 178 valence electrons. The van der Waals surface area contributed by atoms with Gasteiger partial charge in [-0.15, -0.1) is 0 Å². The molecular formula is C26H41N3O3. The molecule has 1 heterocycles. The molecule has 2 N–H and O–H groups in total. The number of guanidine groups is 1. The summed E-state index contributed by atoms with van der Waals surface area (Å²) in [6.07, 6.45) is 8.97. The lowest BCUT2D eigenvalue weighted by atomic mass is 9.60. The Morgan fingerprint density at radius 1 is 1.12 bits per heavy atom. The molecule has 1 aromatic carbocycles. The maximum Gasteiger partial charge on any atom is 0.191 e. The highest BCUT2D eigenvalue weighted by Crippen LogP contribution is 2.54. The van der Waals surface area contributed by atoms with Crippen LogP contribution in [-0.2, 0) is 27.4 Å². The average Bonchev–Trinajstić information content (AvgIpc) is 3.35. The maximum absolute atomic E-state index is 6.09. The fourth-order valence-corrected chi connectivity index (χ4v) is 5.62. The highest BCUT2D eigenvalue weighted by molar-refractivity contribution is 5.80. The van der Waals surface area contributed by atoms with Gasteiger partial charge in [0, 0.05) is 37.8 Å². The molecule has 1 aliphatic heterocycles. The van der Waals surface area contributed by atoms with Crippen molar-refractivity contribution < 1.29 is 14.2 Å². The predicted molar refractivity (Wildman–Crippen MR) is 128 cm³/mol. The van der Waals surface area contributed by atoms with E-state index in [1.54, 1.807) is 0 Å². The fourth-order valence-electron chi connectivity index (χ4n) is 5.62. The Kier molecular flexibility index (Phi) is 8.44. The van der Waals surface area contributed by atoms with Crippen LogP contribution in [0.15, 0.2) is 29.3 Å². The zero-order valence-electron chi connectivity index (χ0n) is 19.9. The second-order valence-electron chi connectivity index (χ2n) is 9.45. The quantitative estimate of drug-likeness (QED) is 0.443. The van der Waals surface area contributed by atoms with Gasteiger partial charge in [-0.05, 0) is 57.1 Å². The van der Waals surface area contributed by atoms with Crippen molar-refractivity contribution in [2.45, 2.75) is 90.2 Å². The van der Waals surface area contributed by atoms with Gasteiger partial charge in [0.1, 0.15) is 0 Å². The van der Waals surface area contributed by atoms with E-state index in [0.29, 0.717) is 36.8 Å². The standard InChI is InChI=1S/C26H41N3O3/c1-3-27-25(29-23-17-24(31-4-2)26(23)12-5-6-13-26)28-18-20-8-7-9-21(16-20)19-32-22-10-14-30-15-11-22/h7-9,16,22-24H,3-6,10-15,17-19H2,1-2H3,(H2,27,28,29). The Morgan fingerprint density at radius 2 is 1.91 bits per heavy atom. The van der Waals surface area contributed by atoms with Crippen molar-refractivity contribution >= 4 is 5.96 Å². The van der Waals surface area contributed by atoms with Crippen molar-refractivity contribution in [1.29, 1.82) is 0 Å². The third-order valence-electron chi connectivity index (χ3n) is 7.41. The molecule has 1 spiro atoms. The van der Waals surface area contributed by atoms with Crippen LogP contribution in [0.3, 0.4) is 0 Å². The minimum Gasteiger partial charge on any atom is -0.381 e. The van der Waals surface area contributed by atoms with Crippen molar-refractivity contribution in [2.75, 3.05) is 26.4 Å². The van der Waals surface area contributed by atoms with Gasteiger partial charge in [-0.3, -0.25) is 0 Å². The van der Waals surface area contributed by atoms with Gasteiger partial charge in [0.25, 0.3) is 0 Å². The summed E-state index contributed by atoms with van der Waals surface area (Å²) in [6, 6.07) is 9.08. The molecule has 6 heteroatoms. The van der Waals surface area contributed by atoms with Gasteiger partial charge in [-0.2, -0.15) is 0 Å². The number of hydrogen-bond donors (Lipinski definition) is 2. The summed E-state index contributed by atoms with van der Waals surface area (Å²) in [5.74, 6) is 0.919. The van der Waals surface area contributed by atoms with Crippen LogP contribution in [-0.4, -0.2) is 50.6 Å². The number of aliphatic imine (C=N–C) groups is 1. The second-order valence-corrected chi connectivity index (χ2v) is 9.45. The SMILES string of the molecule is CCNC(=NCc1cccc(COC2CCOCC2)c1)NC1CC(OCC)C12CCCC2. The molecule has 0 radical (unpaired) electrons. The zero-order chi connectivity index (χ0) is 22.2. The van der Waals surface area contributed by atoms with Crippen molar-refractivity contribution in [2.24, 2.45) is 10.4 Å². The third kappa shape index (κ3) is 5.64. The van der Waals surface area contributed by atoms with Gasteiger partial charge in [0.05, 0.1) is 25.4 Å². The lowest BCUT2D eigenvalue weighted by Gasteiger charge is -2.54. The topological polar surface area (TPSA) is 64.1 Å². The van der Waals surface area contributed by atoms with Crippen LogP contribution in [0.25, 0.3) is 0 Å². The van der Waals surface area contributed by atoms with Gasteiger partial charge in [0.15, 0.2) is 5.96 Å². The predicted octanol–water partition coefficient (Wildman–Crippen LogP) is 4.18. The Bertz CT molecular complexity index is 742. The smallest absolute Gasteiger partial charge is 0.191 e. The van der Waals surface area contributed by atoms with Crippen LogP contribution in [0.2, 0.25) is 0 Å². The van der Waals surface area contributed by atoms with E-state index in [0.717, 1.165) is 51.6 Å². The largest absolute Gasteiger partial charge is 0.381 e. The normalized spacial score (nSPS) is 25.6. The van der Waals surface area contributed by atoms with E-state index in [1.165, 1.54) is 36.8 Å². The number of hydrogen-bond acceptors (Lipinski definition) is 4. The summed E-state index contributed by atoms with van der Waals surface area (Å²) >= 11 is 0. The highest BCUT2D eigenvalue weighted by atomic mass is 16.5. The van der Waals surface area contributed by atoms with E-state index in [1.807, 2.05) is 0 Å². The van der Waals surface area contributed by atoms with Crippen LogP contribution < -0.4 is 10.6 Å². The molecule has 1 aromatic rings. The van der Waals surface area contributed by atoms with Gasteiger partial charge in [-0.25, -0.2) is 4.99 Å². The summed E-state index contributed by atoms with van der Waals surface area (Å²) in [5, 5.41) is 7.20. The average molecular weight is 444 g/mol. The minimum absolute atomic E-state index is 0.299. The molecule has 2 atom stereocenters. The van der Waals surface area contributed by atoms with Crippen molar-refractivity contribution in [3.8, 4) is 0 Å². The molecule has 3 aliphatic rings. The molecule has 0 aromatic heterocycles. The van der Waals surface area contributed by atoms with E-state index in [4.69, 9.17) is 19.2 Å². The van der Waals surface area contributed by atoms with Gasteiger partial charge < -0.3 is 24.8 Å². The van der Waals surface area contributed by atoms with Crippen LogP contribution in [0.4, 0.5) is 0 Å². The fraction of sp³-hybridized carbons (Fsp3) is 0.731. The van der Waals surface area contributed by atoms with Crippen LogP contribution >= 0.6 is 0 Å². The van der Waals surface area contributed by atoms with E-state index >= 15 is 0 Å². The van der Waals surface area contributed by atoms with E-state index < -0.39 is 0 Å². The Labute approximate surface area is 193 Å². The zero-order valence-corrected chi connectivity index (χ0v) is 19.9. The first kappa shape index (κ1) is 23.5.